The summed E-state index contributed by atoms with van der Waals surface area (Å²) in [7, 11) is 0. The molecule has 1 N–H and O–H groups in total. The SMILES string of the molecule is CCNC(c1ccccc1F)c1cc(C)ccc1F. The topological polar surface area (TPSA) is 12.0 Å². The van der Waals surface area contributed by atoms with Crippen molar-refractivity contribution in [2.75, 3.05) is 6.54 Å². The first-order valence-electron chi connectivity index (χ1n) is 6.37. The Kier molecular flexibility index (Phi) is 4.27. The summed E-state index contributed by atoms with van der Waals surface area (Å²) < 4.78 is 27.9. The average molecular weight is 261 g/mol. The minimum Gasteiger partial charge on any atom is -0.306 e. The number of aryl methyl sites for hydroxylation is 1. The van der Waals surface area contributed by atoms with Gasteiger partial charge < -0.3 is 5.32 Å². The molecule has 0 aliphatic carbocycles. The van der Waals surface area contributed by atoms with Crippen molar-refractivity contribution in [2.24, 2.45) is 0 Å². The van der Waals surface area contributed by atoms with Gasteiger partial charge >= 0.3 is 0 Å². The first-order valence-corrected chi connectivity index (χ1v) is 6.37. The highest BCUT2D eigenvalue weighted by molar-refractivity contribution is 5.35. The number of halogens is 2. The maximum Gasteiger partial charge on any atom is 0.128 e. The lowest BCUT2D eigenvalue weighted by Gasteiger charge is -2.20. The molecule has 1 nitrogen and oxygen atoms in total. The molecule has 0 heterocycles. The highest BCUT2D eigenvalue weighted by Crippen LogP contribution is 2.27. The fraction of sp³-hybridized carbons (Fsp3) is 0.250. The molecule has 0 aromatic heterocycles. The first kappa shape index (κ1) is 13.7. The maximum atomic E-state index is 14.0. The summed E-state index contributed by atoms with van der Waals surface area (Å²) in [5.74, 6) is -0.644. The zero-order valence-electron chi connectivity index (χ0n) is 11.1. The monoisotopic (exact) mass is 261 g/mol. The standard InChI is InChI=1S/C16H17F2N/c1-3-19-16(12-6-4-5-7-14(12)17)13-10-11(2)8-9-15(13)18/h4-10,16,19H,3H2,1-2H3. The third-order valence-electron chi connectivity index (χ3n) is 3.09. The molecule has 2 rings (SSSR count). The van der Waals surface area contributed by atoms with Crippen LogP contribution in [-0.2, 0) is 0 Å². The van der Waals surface area contributed by atoms with Crippen LogP contribution in [0.3, 0.4) is 0 Å². The van der Waals surface area contributed by atoms with Crippen molar-refractivity contribution in [1.82, 2.24) is 5.32 Å². The zero-order chi connectivity index (χ0) is 13.8. The van der Waals surface area contributed by atoms with Crippen molar-refractivity contribution in [3.8, 4) is 0 Å². The fourth-order valence-corrected chi connectivity index (χ4v) is 2.19. The van der Waals surface area contributed by atoms with E-state index < -0.39 is 6.04 Å². The number of hydrogen-bond donors (Lipinski definition) is 1. The van der Waals surface area contributed by atoms with Crippen LogP contribution in [0.15, 0.2) is 42.5 Å². The summed E-state index contributed by atoms with van der Waals surface area (Å²) in [5, 5.41) is 3.14. The normalized spacial score (nSPS) is 12.4. The fourth-order valence-electron chi connectivity index (χ4n) is 2.19. The molecule has 0 saturated heterocycles. The lowest BCUT2D eigenvalue weighted by molar-refractivity contribution is 0.530. The molecule has 100 valence electrons. The van der Waals surface area contributed by atoms with Crippen molar-refractivity contribution >= 4 is 0 Å². The van der Waals surface area contributed by atoms with Crippen LogP contribution in [0.4, 0.5) is 8.78 Å². The summed E-state index contributed by atoms with van der Waals surface area (Å²) in [5.41, 5.74) is 1.90. The molecule has 3 heteroatoms. The van der Waals surface area contributed by atoms with Gasteiger partial charge in [0.05, 0.1) is 6.04 Å². The van der Waals surface area contributed by atoms with Crippen molar-refractivity contribution in [1.29, 1.82) is 0 Å². The van der Waals surface area contributed by atoms with Crippen LogP contribution < -0.4 is 5.32 Å². The average Bonchev–Trinajstić information content (AvgIpc) is 2.40. The van der Waals surface area contributed by atoms with Gasteiger partial charge in [0.1, 0.15) is 11.6 Å². The minimum atomic E-state index is -0.467. The lowest BCUT2D eigenvalue weighted by Crippen LogP contribution is -2.24. The second-order valence-corrected chi connectivity index (χ2v) is 4.54. The van der Waals surface area contributed by atoms with Crippen molar-refractivity contribution in [2.45, 2.75) is 19.9 Å². The van der Waals surface area contributed by atoms with Crippen LogP contribution in [0.2, 0.25) is 0 Å². The van der Waals surface area contributed by atoms with E-state index in [1.165, 1.54) is 12.1 Å². The number of hydrogen-bond acceptors (Lipinski definition) is 1. The van der Waals surface area contributed by atoms with E-state index in [1.807, 2.05) is 13.8 Å². The number of benzene rings is 2. The van der Waals surface area contributed by atoms with Gasteiger partial charge in [-0.05, 0) is 25.6 Å². The summed E-state index contributed by atoms with van der Waals surface area (Å²) in [6, 6.07) is 10.9. The molecule has 0 amide bonds. The number of nitrogens with one attached hydrogen (secondary N) is 1. The maximum absolute atomic E-state index is 14.0. The smallest absolute Gasteiger partial charge is 0.128 e. The van der Waals surface area contributed by atoms with Gasteiger partial charge in [0.2, 0.25) is 0 Å². The Morgan fingerprint density at radius 2 is 1.68 bits per heavy atom. The highest BCUT2D eigenvalue weighted by atomic mass is 19.1. The molecule has 1 atom stereocenters. The molecular weight excluding hydrogens is 244 g/mol. The Bertz CT molecular complexity index is 566. The van der Waals surface area contributed by atoms with E-state index in [2.05, 4.69) is 5.32 Å². The molecule has 1 unspecified atom stereocenters. The predicted molar refractivity (Wildman–Crippen MR) is 73.1 cm³/mol. The molecule has 0 spiro atoms. The van der Waals surface area contributed by atoms with E-state index in [-0.39, 0.29) is 11.6 Å². The molecule has 19 heavy (non-hydrogen) atoms. The Hall–Kier alpha value is -1.74. The van der Waals surface area contributed by atoms with Crippen LogP contribution in [0.25, 0.3) is 0 Å². The summed E-state index contributed by atoms with van der Waals surface area (Å²) in [6.45, 7) is 4.45. The first-order chi connectivity index (χ1) is 9.13. The van der Waals surface area contributed by atoms with Gasteiger partial charge in [0.15, 0.2) is 0 Å². The van der Waals surface area contributed by atoms with Crippen LogP contribution in [0, 0.1) is 18.6 Å². The van der Waals surface area contributed by atoms with Crippen LogP contribution >= 0.6 is 0 Å². The number of rotatable bonds is 4. The predicted octanol–water partition coefficient (Wildman–Crippen LogP) is 3.97. The zero-order valence-corrected chi connectivity index (χ0v) is 11.1. The molecule has 0 radical (unpaired) electrons. The van der Waals surface area contributed by atoms with Crippen molar-refractivity contribution < 1.29 is 8.78 Å². The molecule has 0 saturated carbocycles. The van der Waals surface area contributed by atoms with E-state index in [0.29, 0.717) is 17.7 Å². The quantitative estimate of drug-likeness (QED) is 0.878. The Balaban J connectivity index is 2.51. The van der Waals surface area contributed by atoms with E-state index in [9.17, 15) is 8.78 Å². The van der Waals surface area contributed by atoms with E-state index >= 15 is 0 Å². The molecule has 0 aliphatic heterocycles. The summed E-state index contributed by atoms with van der Waals surface area (Å²) in [6.07, 6.45) is 0. The Morgan fingerprint density at radius 1 is 1.00 bits per heavy atom. The van der Waals surface area contributed by atoms with Gasteiger partial charge in [0, 0.05) is 11.1 Å². The van der Waals surface area contributed by atoms with Gasteiger partial charge in [0.25, 0.3) is 0 Å². The molecule has 2 aromatic carbocycles. The summed E-state index contributed by atoms with van der Waals surface area (Å²) >= 11 is 0. The third kappa shape index (κ3) is 2.99. The molecule has 0 bridgehead atoms. The van der Waals surface area contributed by atoms with E-state index in [0.717, 1.165) is 5.56 Å². The van der Waals surface area contributed by atoms with Gasteiger partial charge in [-0.1, -0.05) is 42.8 Å². The highest BCUT2D eigenvalue weighted by Gasteiger charge is 2.19. The molecule has 2 aromatic rings. The largest absolute Gasteiger partial charge is 0.306 e. The van der Waals surface area contributed by atoms with Crippen molar-refractivity contribution in [3.63, 3.8) is 0 Å². The van der Waals surface area contributed by atoms with E-state index in [1.54, 1.807) is 30.3 Å². The minimum absolute atomic E-state index is 0.320. The van der Waals surface area contributed by atoms with Crippen molar-refractivity contribution in [3.05, 3.63) is 70.8 Å². The second-order valence-electron chi connectivity index (χ2n) is 4.54. The molecule has 0 fully saturated rings. The molecular formula is C16H17F2N. The Labute approximate surface area is 112 Å². The summed E-state index contributed by atoms with van der Waals surface area (Å²) in [4.78, 5) is 0. The van der Waals surface area contributed by atoms with Gasteiger partial charge in [-0.3, -0.25) is 0 Å². The third-order valence-corrected chi connectivity index (χ3v) is 3.09. The van der Waals surface area contributed by atoms with Crippen LogP contribution in [0.5, 0.6) is 0 Å². The van der Waals surface area contributed by atoms with Crippen LogP contribution in [-0.4, -0.2) is 6.54 Å². The van der Waals surface area contributed by atoms with Gasteiger partial charge in [-0.15, -0.1) is 0 Å². The molecule has 0 aliphatic rings. The lowest BCUT2D eigenvalue weighted by atomic mass is 9.96. The van der Waals surface area contributed by atoms with Gasteiger partial charge in [-0.2, -0.15) is 0 Å². The van der Waals surface area contributed by atoms with E-state index in [4.69, 9.17) is 0 Å². The second kappa shape index (κ2) is 5.93. The Morgan fingerprint density at radius 3 is 2.37 bits per heavy atom. The van der Waals surface area contributed by atoms with Gasteiger partial charge in [-0.25, -0.2) is 8.78 Å². The van der Waals surface area contributed by atoms with Crippen LogP contribution in [0.1, 0.15) is 29.7 Å².